The average Bonchev–Trinajstić information content (AvgIpc) is 2.88. The Morgan fingerprint density at radius 1 is 1.18 bits per heavy atom. The number of nitrogens with zero attached hydrogens (tertiary/aromatic N) is 3. The van der Waals surface area contributed by atoms with Crippen molar-refractivity contribution in [2.45, 2.75) is 39.0 Å². The monoisotopic (exact) mass is 402 g/mol. The van der Waals surface area contributed by atoms with E-state index in [1.807, 2.05) is 27.7 Å². The summed E-state index contributed by atoms with van der Waals surface area (Å²) < 4.78 is 31.4. The minimum absolute atomic E-state index is 0.0110. The molecule has 2 heterocycles. The van der Waals surface area contributed by atoms with Gasteiger partial charge in [-0.1, -0.05) is 38.5 Å². The molecule has 0 bridgehead atoms. The van der Waals surface area contributed by atoms with Crippen molar-refractivity contribution in [1.82, 2.24) is 14.6 Å². The molecule has 0 spiro atoms. The van der Waals surface area contributed by atoms with Gasteiger partial charge in [-0.3, -0.25) is 4.79 Å². The Balaban J connectivity index is 1.99. The van der Waals surface area contributed by atoms with Crippen molar-refractivity contribution in [2.75, 3.05) is 5.73 Å². The predicted molar refractivity (Wildman–Crippen MR) is 105 cm³/mol. The van der Waals surface area contributed by atoms with Crippen molar-refractivity contribution in [3.63, 3.8) is 0 Å². The van der Waals surface area contributed by atoms with Gasteiger partial charge in [-0.05, 0) is 24.5 Å². The highest BCUT2D eigenvalue weighted by Gasteiger charge is 2.25. The molecule has 28 heavy (non-hydrogen) atoms. The molecule has 0 fully saturated rings. The number of rotatable bonds is 5. The van der Waals surface area contributed by atoms with Gasteiger partial charge in [-0.25, -0.2) is 4.52 Å². The minimum Gasteiger partial charge on any atom is -0.382 e. The minimum atomic E-state index is -4.06. The molecule has 0 saturated carbocycles. The van der Waals surface area contributed by atoms with Crippen molar-refractivity contribution in [2.24, 2.45) is 5.41 Å². The van der Waals surface area contributed by atoms with E-state index >= 15 is 0 Å². The van der Waals surface area contributed by atoms with Crippen LogP contribution in [0.4, 0.5) is 5.82 Å². The lowest BCUT2D eigenvalue weighted by molar-refractivity contribution is 0.0942. The highest BCUT2D eigenvalue weighted by atomic mass is 32.2. The first-order valence-corrected chi connectivity index (χ1v) is 10.1. The first-order valence-electron chi connectivity index (χ1n) is 8.65. The topological polar surface area (TPSA) is 117 Å². The summed E-state index contributed by atoms with van der Waals surface area (Å²) >= 11 is 0. The summed E-state index contributed by atoms with van der Waals surface area (Å²) in [7, 11) is -4.06. The Kier molecular flexibility index (Phi) is 4.88. The van der Waals surface area contributed by atoms with Gasteiger partial charge in [0.15, 0.2) is 17.2 Å². The van der Waals surface area contributed by atoms with Crippen LogP contribution in [0.2, 0.25) is 0 Å². The Morgan fingerprint density at radius 3 is 2.43 bits per heavy atom. The van der Waals surface area contributed by atoms with Crippen molar-refractivity contribution >= 4 is 27.4 Å². The lowest BCUT2D eigenvalue weighted by atomic mass is 9.88. The molecular formula is C19H22N4O4S. The van der Waals surface area contributed by atoms with Crippen molar-refractivity contribution < 1.29 is 17.4 Å². The lowest BCUT2D eigenvalue weighted by Gasteiger charge is -2.16. The zero-order valence-corrected chi connectivity index (χ0v) is 16.9. The maximum absolute atomic E-state index is 12.7. The number of nitrogens with two attached hydrogens (primary N) is 1. The SMILES string of the molecule is Cc1ccc(S(=O)(=O)Oc2ccn3nc(N)c(C(=O)CC(C)(C)C)c3n2)cc1. The number of anilines is 1. The van der Waals surface area contributed by atoms with Crippen LogP contribution in [0.3, 0.4) is 0 Å². The molecule has 3 aromatic rings. The zero-order valence-electron chi connectivity index (χ0n) is 16.1. The van der Waals surface area contributed by atoms with E-state index in [0.717, 1.165) is 5.56 Å². The molecule has 0 amide bonds. The summed E-state index contributed by atoms with van der Waals surface area (Å²) in [6, 6.07) is 7.61. The van der Waals surface area contributed by atoms with Gasteiger partial charge >= 0.3 is 10.1 Å². The molecular weight excluding hydrogens is 380 g/mol. The summed E-state index contributed by atoms with van der Waals surface area (Å²) in [5.74, 6) is -0.343. The molecule has 1 aromatic carbocycles. The molecule has 8 nitrogen and oxygen atoms in total. The highest BCUT2D eigenvalue weighted by Crippen LogP contribution is 2.27. The second kappa shape index (κ2) is 6.90. The number of carbonyl (C=O) groups is 1. The molecule has 148 valence electrons. The van der Waals surface area contributed by atoms with E-state index in [0.29, 0.717) is 0 Å². The van der Waals surface area contributed by atoms with Crippen molar-refractivity contribution in [3.05, 3.63) is 47.7 Å². The van der Waals surface area contributed by atoms with Gasteiger partial charge in [0.05, 0.1) is 0 Å². The third kappa shape index (κ3) is 4.14. The molecule has 0 aliphatic heterocycles. The number of nitrogen functional groups attached to an aromatic ring is 1. The van der Waals surface area contributed by atoms with E-state index in [9.17, 15) is 13.2 Å². The fourth-order valence-corrected chi connectivity index (χ4v) is 3.56. The molecule has 0 radical (unpaired) electrons. The fourth-order valence-electron chi connectivity index (χ4n) is 2.68. The number of ketones is 1. The standard InChI is InChI=1S/C19H22N4O4S/c1-12-5-7-13(8-6-12)28(25,26)27-15-9-10-23-18(21-15)16(17(20)22-23)14(24)11-19(2,3)4/h5-10H,11H2,1-4H3,(H2,20,22). The van der Waals surface area contributed by atoms with Crippen LogP contribution < -0.4 is 9.92 Å². The molecule has 0 atom stereocenters. The van der Waals surface area contributed by atoms with Gasteiger partial charge in [0.1, 0.15) is 10.5 Å². The van der Waals surface area contributed by atoms with Crippen LogP contribution in [0.5, 0.6) is 5.88 Å². The summed E-state index contributed by atoms with van der Waals surface area (Å²) in [5.41, 5.74) is 6.90. The predicted octanol–water partition coefficient (Wildman–Crippen LogP) is 3.01. The maximum Gasteiger partial charge on any atom is 0.340 e. The van der Waals surface area contributed by atoms with E-state index in [-0.39, 0.29) is 45.4 Å². The number of benzene rings is 1. The Hall–Kier alpha value is -2.94. The lowest BCUT2D eigenvalue weighted by Crippen LogP contribution is -2.14. The Labute approximate surface area is 163 Å². The Morgan fingerprint density at radius 2 is 1.82 bits per heavy atom. The van der Waals surface area contributed by atoms with Crippen molar-refractivity contribution in [1.29, 1.82) is 0 Å². The summed E-state index contributed by atoms with van der Waals surface area (Å²) in [4.78, 5) is 16.9. The molecule has 2 aromatic heterocycles. The van der Waals surface area contributed by atoms with Crippen LogP contribution in [0.1, 0.15) is 43.1 Å². The zero-order chi connectivity index (χ0) is 20.7. The maximum atomic E-state index is 12.7. The van der Waals surface area contributed by atoms with Crippen LogP contribution in [0.15, 0.2) is 41.4 Å². The summed E-state index contributed by atoms with van der Waals surface area (Å²) in [5, 5.41) is 4.08. The highest BCUT2D eigenvalue weighted by molar-refractivity contribution is 7.87. The number of aryl methyl sites for hydroxylation is 1. The van der Waals surface area contributed by atoms with Crippen LogP contribution in [0, 0.1) is 12.3 Å². The van der Waals surface area contributed by atoms with Crippen LogP contribution >= 0.6 is 0 Å². The molecule has 0 saturated heterocycles. The summed E-state index contributed by atoms with van der Waals surface area (Å²) in [6.45, 7) is 7.65. The van der Waals surface area contributed by atoms with E-state index < -0.39 is 10.1 Å². The van der Waals surface area contributed by atoms with Gasteiger partial charge in [0.25, 0.3) is 0 Å². The van der Waals surface area contributed by atoms with Gasteiger partial charge in [-0.2, -0.15) is 13.4 Å². The van der Waals surface area contributed by atoms with E-state index in [2.05, 4.69) is 10.1 Å². The van der Waals surface area contributed by atoms with Gasteiger partial charge in [0.2, 0.25) is 5.88 Å². The smallest absolute Gasteiger partial charge is 0.340 e. The number of carbonyl (C=O) groups excluding carboxylic acids is 1. The third-order valence-corrected chi connectivity index (χ3v) is 5.20. The fraction of sp³-hybridized carbons (Fsp3) is 0.316. The number of hydrogen-bond acceptors (Lipinski definition) is 7. The van der Waals surface area contributed by atoms with Crippen LogP contribution in [-0.2, 0) is 10.1 Å². The van der Waals surface area contributed by atoms with Crippen LogP contribution in [0.25, 0.3) is 5.65 Å². The van der Waals surface area contributed by atoms with Crippen LogP contribution in [-0.4, -0.2) is 28.8 Å². The molecule has 0 unspecified atom stereocenters. The molecule has 3 rings (SSSR count). The number of Topliss-reactive ketones (excluding diaryl/α,β-unsaturated/α-hetero) is 1. The molecule has 0 aliphatic carbocycles. The largest absolute Gasteiger partial charge is 0.382 e. The second-order valence-corrected chi connectivity index (χ2v) is 9.35. The van der Waals surface area contributed by atoms with Gasteiger partial charge < -0.3 is 9.92 Å². The van der Waals surface area contributed by atoms with Gasteiger partial charge in [0, 0.05) is 18.7 Å². The number of aromatic nitrogens is 3. The quantitative estimate of drug-likeness (QED) is 0.515. The third-order valence-electron chi connectivity index (χ3n) is 3.96. The van der Waals surface area contributed by atoms with E-state index in [1.165, 1.54) is 28.9 Å². The Bertz CT molecular complexity index is 1140. The number of hydrogen-bond donors (Lipinski definition) is 1. The second-order valence-electron chi connectivity index (χ2n) is 7.81. The molecule has 2 N–H and O–H groups in total. The van der Waals surface area contributed by atoms with E-state index in [1.54, 1.807) is 12.1 Å². The van der Waals surface area contributed by atoms with E-state index in [4.69, 9.17) is 9.92 Å². The molecule has 0 aliphatic rings. The summed E-state index contributed by atoms with van der Waals surface area (Å²) in [6.07, 6.45) is 1.69. The van der Waals surface area contributed by atoms with Crippen molar-refractivity contribution in [3.8, 4) is 5.88 Å². The first-order chi connectivity index (χ1) is 13.0. The number of fused-ring (bicyclic) bond motifs is 1. The first kappa shape index (κ1) is 19.8. The average molecular weight is 402 g/mol. The van der Waals surface area contributed by atoms with Gasteiger partial charge in [-0.15, -0.1) is 5.10 Å². The normalized spacial score (nSPS) is 12.3. The molecule has 9 heteroatoms.